The molecule has 0 aliphatic rings. The Balaban J connectivity index is 2.30. The van der Waals surface area contributed by atoms with E-state index >= 15 is 0 Å². The lowest BCUT2D eigenvalue weighted by Gasteiger charge is -2.12. The van der Waals surface area contributed by atoms with Crippen molar-refractivity contribution in [2.45, 2.75) is 0 Å². The molecule has 2 rings (SSSR count). The van der Waals surface area contributed by atoms with Gasteiger partial charge in [0.1, 0.15) is 5.75 Å². The molecule has 0 heterocycles. The molecule has 0 bridgehead atoms. The fraction of sp³-hybridized carbons (Fsp3) is 0.167. The van der Waals surface area contributed by atoms with E-state index in [0.29, 0.717) is 22.8 Å². The van der Waals surface area contributed by atoms with E-state index in [0.717, 1.165) is 10.0 Å². The summed E-state index contributed by atoms with van der Waals surface area (Å²) in [6.07, 6.45) is 3.21. The van der Waals surface area contributed by atoms with Crippen LogP contribution in [0, 0.1) is 0 Å². The summed E-state index contributed by atoms with van der Waals surface area (Å²) in [6.45, 7) is 0. The number of carbonyl (C=O) groups is 1. The zero-order valence-electron chi connectivity index (χ0n) is 13.1. The predicted molar refractivity (Wildman–Crippen MR) is 93.6 cm³/mol. The van der Waals surface area contributed by atoms with E-state index in [9.17, 15) is 4.79 Å². The number of ketones is 1. The van der Waals surface area contributed by atoms with Gasteiger partial charge in [-0.3, -0.25) is 4.79 Å². The molecule has 2 aromatic rings. The predicted octanol–water partition coefficient (Wildman–Crippen LogP) is 4.37. The zero-order chi connectivity index (χ0) is 16.8. The van der Waals surface area contributed by atoms with Gasteiger partial charge >= 0.3 is 0 Å². The molecule has 0 fully saturated rings. The summed E-state index contributed by atoms with van der Waals surface area (Å²) >= 11 is 3.35. The van der Waals surface area contributed by atoms with Crippen molar-refractivity contribution in [3.63, 3.8) is 0 Å². The zero-order valence-corrected chi connectivity index (χ0v) is 14.7. The van der Waals surface area contributed by atoms with Crippen LogP contribution in [0.25, 0.3) is 6.08 Å². The smallest absolute Gasteiger partial charge is 0.185 e. The van der Waals surface area contributed by atoms with Crippen molar-refractivity contribution in [1.29, 1.82) is 0 Å². The van der Waals surface area contributed by atoms with Crippen LogP contribution in [0.15, 0.2) is 46.9 Å². The molecule has 120 valence electrons. The van der Waals surface area contributed by atoms with Gasteiger partial charge in [-0.2, -0.15) is 0 Å². The Labute approximate surface area is 143 Å². The minimum atomic E-state index is -0.0886. The van der Waals surface area contributed by atoms with E-state index in [2.05, 4.69) is 15.9 Å². The number of allylic oxidation sites excluding steroid dienone is 1. The monoisotopic (exact) mass is 376 g/mol. The highest BCUT2D eigenvalue weighted by Gasteiger charge is 2.10. The number of carbonyl (C=O) groups excluding carboxylic acids is 1. The van der Waals surface area contributed by atoms with Gasteiger partial charge in [0.15, 0.2) is 17.3 Å². The van der Waals surface area contributed by atoms with Crippen LogP contribution >= 0.6 is 15.9 Å². The Bertz CT molecular complexity index is 721. The molecule has 5 heteroatoms. The third-order valence-corrected chi connectivity index (χ3v) is 3.81. The molecule has 0 aromatic heterocycles. The van der Waals surface area contributed by atoms with Crippen LogP contribution in [0.1, 0.15) is 15.9 Å². The highest BCUT2D eigenvalue weighted by molar-refractivity contribution is 9.10. The molecule has 0 saturated carbocycles. The molecule has 0 saturated heterocycles. The number of hydrogen-bond acceptors (Lipinski definition) is 4. The second kappa shape index (κ2) is 7.83. The van der Waals surface area contributed by atoms with E-state index in [1.54, 1.807) is 51.7 Å². The number of methoxy groups -OCH3 is 3. The van der Waals surface area contributed by atoms with Gasteiger partial charge in [0.25, 0.3) is 0 Å². The maximum atomic E-state index is 12.2. The first-order valence-electron chi connectivity index (χ1n) is 6.87. The molecule has 4 nitrogen and oxygen atoms in total. The van der Waals surface area contributed by atoms with Crippen molar-refractivity contribution in [2.24, 2.45) is 0 Å². The number of ether oxygens (including phenoxy) is 3. The molecule has 0 radical (unpaired) electrons. The summed E-state index contributed by atoms with van der Waals surface area (Å²) in [5, 5.41) is 0. The van der Waals surface area contributed by atoms with Crippen LogP contribution in [-0.2, 0) is 0 Å². The largest absolute Gasteiger partial charge is 0.496 e. The number of halogens is 1. The fourth-order valence-corrected chi connectivity index (χ4v) is 2.32. The van der Waals surface area contributed by atoms with Gasteiger partial charge in [-0.05, 0) is 42.5 Å². The molecule has 0 aliphatic carbocycles. The molecular formula is C18H17BrO4. The minimum Gasteiger partial charge on any atom is -0.496 e. The SMILES string of the molecule is COc1cc(OC)c(OC)cc1C=CC(=O)c1ccc(Br)cc1. The first-order valence-corrected chi connectivity index (χ1v) is 7.66. The highest BCUT2D eigenvalue weighted by atomic mass is 79.9. The molecule has 23 heavy (non-hydrogen) atoms. The second-order valence-electron chi connectivity index (χ2n) is 4.65. The summed E-state index contributed by atoms with van der Waals surface area (Å²) in [5.74, 6) is 1.65. The maximum absolute atomic E-state index is 12.2. The third-order valence-electron chi connectivity index (χ3n) is 3.28. The van der Waals surface area contributed by atoms with Crippen LogP contribution in [-0.4, -0.2) is 27.1 Å². The lowest BCUT2D eigenvalue weighted by Crippen LogP contribution is -1.96. The number of rotatable bonds is 6. The van der Waals surface area contributed by atoms with Gasteiger partial charge in [-0.1, -0.05) is 15.9 Å². The van der Waals surface area contributed by atoms with Crippen LogP contribution in [0.4, 0.5) is 0 Å². The molecule has 2 aromatic carbocycles. The molecular weight excluding hydrogens is 360 g/mol. The Hall–Kier alpha value is -2.27. The van der Waals surface area contributed by atoms with Crippen molar-refractivity contribution >= 4 is 27.8 Å². The van der Waals surface area contributed by atoms with Crippen molar-refractivity contribution in [3.8, 4) is 17.2 Å². The van der Waals surface area contributed by atoms with Gasteiger partial charge < -0.3 is 14.2 Å². The number of hydrogen-bond donors (Lipinski definition) is 0. The van der Waals surface area contributed by atoms with Gasteiger partial charge in [-0.25, -0.2) is 0 Å². The topological polar surface area (TPSA) is 44.8 Å². The summed E-state index contributed by atoms with van der Waals surface area (Å²) < 4.78 is 16.8. The van der Waals surface area contributed by atoms with Crippen molar-refractivity contribution < 1.29 is 19.0 Å². The van der Waals surface area contributed by atoms with Gasteiger partial charge in [0.2, 0.25) is 0 Å². The lowest BCUT2D eigenvalue weighted by atomic mass is 10.1. The molecule has 0 unspecified atom stereocenters. The average Bonchev–Trinajstić information content (AvgIpc) is 2.59. The van der Waals surface area contributed by atoms with Crippen LogP contribution < -0.4 is 14.2 Å². The van der Waals surface area contributed by atoms with E-state index in [4.69, 9.17) is 14.2 Å². The van der Waals surface area contributed by atoms with E-state index in [-0.39, 0.29) is 5.78 Å². The van der Waals surface area contributed by atoms with Gasteiger partial charge in [0.05, 0.1) is 21.3 Å². The normalized spacial score (nSPS) is 10.6. The third kappa shape index (κ3) is 4.13. The first kappa shape index (κ1) is 17.1. The number of benzene rings is 2. The minimum absolute atomic E-state index is 0.0886. The van der Waals surface area contributed by atoms with E-state index < -0.39 is 0 Å². The quantitative estimate of drug-likeness (QED) is 0.554. The Morgan fingerprint density at radius 1 is 0.913 bits per heavy atom. The maximum Gasteiger partial charge on any atom is 0.185 e. The summed E-state index contributed by atoms with van der Waals surface area (Å²) in [5.41, 5.74) is 1.35. The van der Waals surface area contributed by atoms with Crippen molar-refractivity contribution in [1.82, 2.24) is 0 Å². The Kier molecular flexibility index (Phi) is 5.82. The van der Waals surface area contributed by atoms with Crippen molar-refractivity contribution in [3.05, 3.63) is 58.1 Å². The van der Waals surface area contributed by atoms with Crippen LogP contribution in [0.3, 0.4) is 0 Å². The Morgan fingerprint density at radius 2 is 1.48 bits per heavy atom. The lowest BCUT2D eigenvalue weighted by molar-refractivity contribution is 0.104. The summed E-state index contributed by atoms with van der Waals surface area (Å²) in [6, 6.07) is 10.7. The van der Waals surface area contributed by atoms with Crippen LogP contribution in [0.2, 0.25) is 0 Å². The molecule has 0 spiro atoms. The molecule has 0 aliphatic heterocycles. The van der Waals surface area contributed by atoms with Gasteiger partial charge in [-0.15, -0.1) is 0 Å². The van der Waals surface area contributed by atoms with E-state index in [1.807, 2.05) is 12.1 Å². The Morgan fingerprint density at radius 3 is 2.04 bits per heavy atom. The van der Waals surface area contributed by atoms with Gasteiger partial charge in [0, 0.05) is 21.7 Å². The van der Waals surface area contributed by atoms with E-state index in [1.165, 1.54) is 6.08 Å². The van der Waals surface area contributed by atoms with Crippen LogP contribution in [0.5, 0.6) is 17.2 Å². The standard InChI is InChI=1S/C18H17BrO4/c1-21-16-11-18(23-3)17(22-2)10-13(16)6-9-15(20)12-4-7-14(19)8-5-12/h4-11H,1-3H3. The fourth-order valence-electron chi connectivity index (χ4n) is 2.06. The van der Waals surface area contributed by atoms with Crippen molar-refractivity contribution in [2.75, 3.05) is 21.3 Å². The molecule has 0 N–H and O–H groups in total. The molecule has 0 atom stereocenters. The molecule has 0 amide bonds. The second-order valence-corrected chi connectivity index (χ2v) is 5.57. The highest BCUT2D eigenvalue weighted by Crippen LogP contribution is 2.35. The summed E-state index contributed by atoms with van der Waals surface area (Å²) in [7, 11) is 4.68. The average molecular weight is 377 g/mol. The summed E-state index contributed by atoms with van der Waals surface area (Å²) in [4.78, 5) is 12.2. The first-order chi connectivity index (χ1) is 11.1.